The van der Waals surface area contributed by atoms with Crippen molar-refractivity contribution >= 4 is 6.29 Å². The summed E-state index contributed by atoms with van der Waals surface area (Å²) in [5.41, 5.74) is 0.440. The Kier molecular flexibility index (Phi) is 7.61. The normalized spacial score (nSPS) is 48.6. The molecule has 4 saturated carbocycles. The van der Waals surface area contributed by atoms with Gasteiger partial charge in [0, 0.05) is 43.8 Å². The van der Waals surface area contributed by atoms with E-state index in [1.807, 2.05) is 0 Å². The Bertz CT molecular complexity index is 870. The maximum atomic E-state index is 11.5. The van der Waals surface area contributed by atoms with Crippen LogP contribution in [0.25, 0.3) is 0 Å². The largest absolute Gasteiger partial charge is 0.391 e. The minimum atomic E-state index is -0.202. The van der Waals surface area contributed by atoms with E-state index < -0.39 is 0 Å². The van der Waals surface area contributed by atoms with Gasteiger partial charge in [-0.2, -0.15) is 0 Å². The number of likely N-dealkylation sites (tertiary alicyclic amines) is 1. The number of aliphatic hydroxyl groups is 1. The van der Waals surface area contributed by atoms with Crippen LogP contribution in [0.3, 0.4) is 0 Å². The molecule has 10 atom stereocenters. The highest BCUT2D eigenvalue weighted by Gasteiger charge is 2.67. The average molecular weight is 530 g/mol. The van der Waals surface area contributed by atoms with Crippen molar-refractivity contribution in [3.05, 3.63) is 12.7 Å². The molecule has 6 rings (SSSR count). The van der Waals surface area contributed by atoms with Crippen LogP contribution in [-0.4, -0.2) is 97.6 Å². The minimum absolute atomic E-state index is 0.144. The predicted molar refractivity (Wildman–Crippen MR) is 149 cm³/mol. The average Bonchev–Trinajstić information content (AvgIpc) is 3.51. The number of ether oxygens (including phenoxy) is 2. The van der Waals surface area contributed by atoms with Crippen LogP contribution in [0.1, 0.15) is 71.6 Å². The van der Waals surface area contributed by atoms with Crippen LogP contribution in [0.15, 0.2) is 12.7 Å². The summed E-state index contributed by atoms with van der Waals surface area (Å²) < 4.78 is 13.4. The van der Waals surface area contributed by atoms with E-state index in [2.05, 4.69) is 31.4 Å². The number of carbonyl (C=O) groups excluding carboxylic acids is 1. The molecule has 0 aromatic carbocycles. The molecule has 6 aliphatic rings. The fourth-order valence-electron chi connectivity index (χ4n) is 11.4. The first-order chi connectivity index (χ1) is 18.4. The van der Waals surface area contributed by atoms with Gasteiger partial charge in [0.15, 0.2) is 0 Å². The predicted octanol–water partition coefficient (Wildman–Crippen LogP) is 4.06. The van der Waals surface area contributed by atoms with Crippen LogP contribution in [0.2, 0.25) is 0 Å². The summed E-state index contributed by atoms with van der Waals surface area (Å²) >= 11 is 0. The van der Waals surface area contributed by atoms with Gasteiger partial charge in [-0.1, -0.05) is 20.4 Å². The molecule has 4 aliphatic carbocycles. The van der Waals surface area contributed by atoms with Crippen LogP contribution in [-0.2, 0) is 14.3 Å². The first-order valence-corrected chi connectivity index (χ1v) is 15.9. The molecule has 0 radical (unpaired) electrons. The summed E-state index contributed by atoms with van der Waals surface area (Å²) in [6, 6.07) is 0.752. The zero-order chi connectivity index (χ0) is 26.5. The standard InChI is InChI=1S/C32H53N2O4/c1-4-13-34(14-5-6-15-34)28-21-26-24-8-7-23-20-29(36)27(33-11-17-37-18-12-33)22-32(23,3)25(24)9-10-31(26,2)30(28)38-19-16-35/h4,16,23-30,36H,1,5-15,17-22H2,2-3H3/q+1/t23?,24?,25?,26?,27-,28?,29-,30-,31-,32-/m0/s1. The highest BCUT2D eigenvalue weighted by Crippen LogP contribution is 2.67. The van der Waals surface area contributed by atoms with Gasteiger partial charge in [0.2, 0.25) is 0 Å². The second-order valence-electron chi connectivity index (χ2n) is 14.5. The molecule has 0 bridgehead atoms. The maximum absolute atomic E-state index is 11.5. The lowest BCUT2D eigenvalue weighted by Gasteiger charge is -2.62. The molecule has 38 heavy (non-hydrogen) atoms. The topological polar surface area (TPSA) is 59.0 Å². The number of nitrogens with zero attached hydrogens (tertiary/aromatic N) is 2. The Labute approximate surface area is 230 Å². The monoisotopic (exact) mass is 529 g/mol. The van der Waals surface area contributed by atoms with E-state index >= 15 is 0 Å². The van der Waals surface area contributed by atoms with Crippen molar-refractivity contribution < 1.29 is 23.9 Å². The molecule has 0 amide bonds. The Morgan fingerprint density at radius 3 is 2.55 bits per heavy atom. The summed E-state index contributed by atoms with van der Waals surface area (Å²) in [5, 5.41) is 11.3. The Morgan fingerprint density at radius 1 is 1.08 bits per heavy atom. The minimum Gasteiger partial charge on any atom is -0.391 e. The highest BCUT2D eigenvalue weighted by molar-refractivity contribution is 5.50. The quantitative estimate of drug-likeness (QED) is 0.306. The number of quaternary nitrogens is 1. The summed E-state index contributed by atoms with van der Waals surface area (Å²) in [6.07, 6.45) is 14.0. The molecule has 2 aliphatic heterocycles. The lowest BCUT2D eigenvalue weighted by atomic mass is 9.44. The summed E-state index contributed by atoms with van der Waals surface area (Å²) in [7, 11) is 0. The third kappa shape index (κ3) is 4.27. The van der Waals surface area contributed by atoms with Crippen molar-refractivity contribution in [1.29, 1.82) is 0 Å². The van der Waals surface area contributed by atoms with Gasteiger partial charge in [-0.3, -0.25) is 4.90 Å². The Hall–Kier alpha value is -0.790. The number of aldehydes is 1. The first-order valence-electron chi connectivity index (χ1n) is 15.9. The maximum Gasteiger partial charge on any atom is 0.145 e. The molecule has 0 aromatic rings. The molecule has 214 valence electrons. The number of hydrogen-bond acceptors (Lipinski definition) is 5. The Morgan fingerprint density at radius 2 is 1.84 bits per heavy atom. The van der Waals surface area contributed by atoms with Crippen molar-refractivity contribution in [2.24, 2.45) is 34.5 Å². The van der Waals surface area contributed by atoms with Crippen LogP contribution in [0.4, 0.5) is 0 Å². The molecule has 2 heterocycles. The van der Waals surface area contributed by atoms with Crippen LogP contribution < -0.4 is 0 Å². The van der Waals surface area contributed by atoms with E-state index in [4.69, 9.17) is 9.47 Å². The molecule has 6 fully saturated rings. The van der Waals surface area contributed by atoms with Gasteiger partial charge in [0.1, 0.15) is 25.0 Å². The van der Waals surface area contributed by atoms with Crippen LogP contribution >= 0.6 is 0 Å². The van der Waals surface area contributed by atoms with Crippen molar-refractivity contribution in [3.8, 4) is 0 Å². The SMILES string of the molecule is C=CC[N+]1(C2CC3C4CCC5C[C@H](O)[C@@H](N6CCOCC6)C[C@]5(C)C4CC[C@]3(C)[C@H]2OCC=O)CCCC1. The molecule has 5 unspecified atom stereocenters. The molecule has 6 heteroatoms. The van der Waals surface area contributed by atoms with Crippen molar-refractivity contribution in [2.45, 2.75) is 95.9 Å². The summed E-state index contributed by atoms with van der Waals surface area (Å²) in [4.78, 5) is 14.0. The van der Waals surface area contributed by atoms with Gasteiger partial charge in [-0.05, 0) is 73.7 Å². The smallest absolute Gasteiger partial charge is 0.145 e. The van der Waals surface area contributed by atoms with Crippen LogP contribution in [0, 0.1) is 34.5 Å². The van der Waals surface area contributed by atoms with Gasteiger partial charge in [0.25, 0.3) is 0 Å². The third-order valence-corrected chi connectivity index (χ3v) is 13.1. The molecule has 0 aromatic heterocycles. The lowest BCUT2D eigenvalue weighted by Crippen LogP contribution is -2.61. The van der Waals surface area contributed by atoms with Gasteiger partial charge < -0.3 is 23.9 Å². The fourth-order valence-corrected chi connectivity index (χ4v) is 11.4. The number of rotatable bonds is 7. The molecular formula is C32H53N2O4+. The molecule has 6 nitrogen and oxygen atoms in total. The van der Waals surface area contributed by atoms with E-state index in [0.717, 1.165) is 68.3 Å². The van der Waals surface area contributed by atoms with E-state index in [9.17, 15) is 9.90 Å². The molecule has 2 saturated heterocycles. The lowest BCUT2D eigenvalue weighted by molar-refractivity contribution is -0.938. The van der Waals surface area contributed by atoms with E-state index in [0.29, 0.717) is 23.3 Å². The molecule has 1 N–H and O–H groups in total. The van der Waals surface area contributed by atoms with Crippen LogP contribution in [0.5, 0.6) is 0 Å². The van der Waals surface area contributed by atoms with Crippen molar-refractivity contribution in [2.75, 3.05) is 52.5 Å². The highest BCUT2D eigenvalue weighted by atomic mass is 16.5. The summed E-state index contributed by atoms with van der Waals surface area (Å²) in [5.74, 6) is 2.76. The number of fused-ring (bicyclic) bond motifs is 5. The second-order valence-corrected chi connectivity index (χ2v) is 14.5. The van der Waals surface area contributed by atoms with Gasteiger partial charge >= 0.3 is 0 Å². The number of morpholine rings is 1. The summed E-state index contributed by atoms with van der Waals surface area (Å²) in [6.45, 7) is 16.5. The first kappa shape index (κ1) is 27.4. The van der Waals surface area contributed by atoms with E-state index in [-0.39, 0.29) is 30.3 Å². The van der Waals surface area contributed by atoms with Crippen molar-refractivity contribution in [1.82, 2.24) is 4.90 Å². The zero-order valence-corrected chi connectivity index (χ0v) is 24.1. The second kappa shape index (κ2) is 10.6. The number of aliphatic hydroxyl groups excluding tert-OH is 1. The van der Waals surface area contributed by atoms with Gasteiger partial charge in [0.05, 0.1) is 39.0 Å². The number of carbonyl (C=O) groups is 1. The number of hydrogen-bond donors (Lipinski definition) is 1. The zero-order valence-electron chi connectivity index (χ0n) is 24.1. The third-order valence-electron chi connectivity index (χ3n) is 13.1. The van der Waals surface area contributed by atoms with Gasteiger partial charge in [-0.15, -0.1) is 0 Å². The molecular weight excluding hydrogens is 476 g/mol. The molecule has 0 spiro atoms. The fraction of sp³-hybridized carbons (Fsp3) is 0.906. The Balaban J connectivity index is 1.29. The van der Waals surface area contributed by atoms with E-state index in [1.165, 1.54) is 58.0 Å². The van der Waals surface area contributed by atoms with Gasteiger partial charge in [-0.25, -0.2) is 0 Å². The van der Waals surface area contributed by atoms with E-state index in [1.54, 1.807) is 0 Å². The van der Waals surface area contributed by atoms with Crippen molar-refractivity contribution in [3.63, 3.8) is 0 Å².